The van der Waals surface area contributed by atoms with Gasteiger partial charge in [-0.15, -0.1) is 0 Å². The fourth-order valence-electron chi connectivity index (χ4n) is 4.40. The molecule has 1 aromatic heterocycles. The first-order valence-electron chi connectivity index (χ1n) is 9.86. The molecule has 0 radical (unpaired) electrons. The number of piperidine rings is 1. The van der Waals surface area contributed by atoms with Gasteiger partial charge in [0, 0.05) is 45.3 Å². The van der Waals surface area contributed by atoms with Gasteiger partial charge >= 0.3 is 0 Å². The Morgan fingerprint density at radius 2 is 2.04 bits per heavy atom. The number of carbonyl (C=O) groups excluding carboxylic acids is 2. The molecule has 0 saturated carbocycles. The number of carbonyl (C=O) groups is 2. The normalized spacial score (nSPS) is 20.3. The number of fused-ring (bicyclic) bond motifs is 1. The van der Waals surface area contributed by atoms with Crippen molar-refractivity contribution in [2.24, 2.45) is 0 Å². The number of ether oxygens (including phenoxy) is 1. The van der Waals surface area contributed by atoms with E-state index in [1.807, 2.05) is 39.9 Å². The maximum Gasteiger partial charge on any atom is 0.227 e. The molecule has 28 heavy (non-hydrogen) atoms. The number of amides is 2. The Hall–Kier alpha value is -2.34. The van der Waals surface area contributed by atoms with E-state index in [2.05, 4.69) is 11.4 Å². The summed E-state index contributed by atoms with van der Waals surface area (Å²) in [5.41, 5.74) is 1.92. The van der Waals surface area contributed by atoms with Crippen LogP contribution in [0.3, 0.4) is 0 Å². The van der Waals surface area contributed by atoms with Crippen molar-refractivity contribution in [3.63, 3.8) is 0 Å². The minimum absolute atomic E-state index is 0.0558. The van der Waals surface area contributed by atoms with Crippen molar-refractivity contribution in [3.8, 4) is 5.75 Å². The summed E-state index contributed by atoms with van der Waals surface area (Å²) < 4.78 is 6.47. The molecular formula is C22H26N2O3S. The number of nitrogens with one attached hydrogen (secondary N) is 1. The number of rotatable bonds is 4. The molecule has 2 aromatic rings. The Bertz CT molecular complexity index is 841. The molecule has 2 aliphatic rings. The van der Waals surface area contributed by atoms with Crippen LogP contribution in [-0.2, 0) is 16.0 Å². The van der Waals surface area contributed by atoms with Crippen LogP contribution in [0.25, 0.3) is 0 Å². The molecule has 1 N–H and O–H groups in total. The van der Waals surface area contributed by atoms with Crippen LogP contribution >= 0.6 is 11.3 Å². The fraction of sp³-hybridized carbons (Fsp3) is 0.455. The Labute approximate surface area is 169 Å². The summed E-state index contributed by atoms with van der Waals surface area (Å²) in [6.07, 6.45) is 3.38. The van der Waals surface area contributed by atoms with Gasteiger partial charge in [-0.2, -0.15) is 11.3 Å². The van der Waals surface area contributed by atoms with Gasteiger partial charge in [0.15, 0.2) is 0 Å². The molecule has 3 heterocycles. The zero-order valence-corrected chi connectivity index (χ0v) is 17.0. The van der Waals surface area contributed by atoms with E-state index >= 15 is 0 Å². The number of likely N-dealkylation sites (tertiary alicyclic amines) is 1. The largest absolute Gasteiger partial charge is 0.487 e. The SMILES string of the molecule is CNC(=O)CC1CC2(CCN(C(=O)Cc3ccsc3)CC2)Oc2ccccc21. The first kappa shape index (κ1) is 19.0. The summed E-state index contributed by atoms with van der Waals surface area (Å²) in [7, 11) is 1.68. The number of hydrogen-bond donors (Lipinski definition) is 1. The van der Waals surface area contributed by atoms with Gasteiger partial charge in [0.1, 0.15) is 11.4 Å². The third-order valence-electron chi connectivity index (χ3n) is 5.98. The van der Waals surface area contributed by atoms with Gasteiger partial charge in [-0.25, -0.2) is 0 Å². The average molecular weight is 399 g/mol. The molecule has 2 aliphatic heterocycles. The smallest absolute Gasteiger partial charge is 0.227 e. The van der Waals surface area contributed by atoms with Crippen molar-refractivity contribution < 1.29 is 14.3 Å². The molecule has 1 fully saturated rings. The third-order valence-corrected chi connectivity index (χ3v) is 6.71. The Morgan fingerprint density at radius 3 is 2.75 bits per heavy atom. The van der Waals surface area contributed by atoms with Crippen LogP contribution in [-0.4, -0.2) is 42.5 Å². The van der Waals surface area contributed by atoms with Crippen molar-refractivity contribution in [1.82, 2.24) is 10.2 Å². The lowest BCUT2D eigenvalue weighted by Gasteiger charge is -2.47. The number of hydrogen-bond acceptors (Lipinski definition) is 4. The number of thiophene rings is 1. The molecule has 2 amide bonds. The molecule has 1 spiro atoms. The second-order valence-corrected chi connectivity index (χ2v) is 8.57. The molecule has 1 aromatic carbocycles. The van der Waals surface area contributed by atoms with Crippen molar-refractivity contribution in [1.29, 1.82) is 0 Å². The van der Waals surface area contributed by atoms with Gasteiger partial charge in [-0.05, 0) is 40.4 Å². The molecule has 0 bridgehead atoms. The summed E-state index contributed by atoms with van der Waals surface area (Å²) >= 11 is 1.62. The van der Waals surface area contributed by atoms with Crippen LogP contribution in [0.2, 0.25) is 0 Å². The molecule has 1 unspecified atom stereocenters. The Kier molecular flexibility index (Phi) is 5.40. The molecule has 148 valence electrons. The summed E-state index contributed by atoms with van der Waals surface area (Å²) in [6.45, 7) is 1.41. The summed E-state index contributed by atoms with van der Waals surface area (Å²) in [5.74, 6) is 1.28. The monoisotopic (exact) mass is 398 g/mol. The second kappa shape index (κ2) is 7.95. The summed E-state index contributed by atoms with van der Waals surface area (Å²) in [6, 6.07) is 10.1. The van der Waals surface area contributed by atoms with Crippen molar-refractivity contribution in [2.75, 3.05) is 20.1 Å². The molecule has 4 rings (SSSR count). The highest BCUT2D eigenvalue weighted by Crippen LogP contribution is 2.46. The van der Waals surface area contributed by atoms with Crippen LogP contribution in [0.5, 0.6) is 5.75 Å². The van der Waals surface area contributed by atoms with Crippen LogP contribution in [0.1, 0.15) is 42.7 Å². The van der Waals surface area contributed by atoms with Gasteiger partial charge in [-0.3, -0.25) is 9.59 Å². The fourth-order valence-corrected chi connectivity index (χ4v) is 5.07. The van der Waals surface area contributed by atoms with Gasteiger partial charge in [0.2, 0.25) is 11.8 Å². The van der Waals surface area contributed by atoms with Gasteiger partial charge in [-0.1, -0.05) is 18.2 Å². The maximum absolute atomic E-state index is 12.6. The standard InChI is InChI=1S/C22H26N2O3S/c1-23-20(25)13-17-14-22(27-19-5-3-2-4-18(17)19)7-9-24(10-8-22)21(26)12-16-6-11-28-15-16/h2-6,11,15,17H,7-10,12-14H2,1H3,(H,23,25). The molecule has 1 atom stereocenters. The van der Waals surface area contributed by atoms with Crippen LogP contribution in [0.4, 0.5) is 0 Å². The zero-order chi connectivity index (χ0) is 19.6. The molecule has 0 aliphatic carbocycles. The number of para-hydroxylation sites is 1. The number of benzene rings is 1. The van der Waals surface area contributed by atoms with Crippen LogP contribution in [0, 0.1) is 0 Å². The van der Waals surface area contributed by atoms with E-state index in [1.54, 1.807) is 18.4 Å². The summed E-state index contributed by atoms with van der Waals surface area (Å²) in [4.78, 5) is 26.6. The maximum atomic E-state index is 12.6. The highest BCUT2D eigenvalue weighted by molar-refractivity contribution is 7.08. The molecule has 6 heteroatoms. The van der Waals surface area contributed by atoms with E-state index in [9.17, 15) is 9.59 Å². The first-order valence-corrected chi connectivity index (χ1v) is 10.8. The third kappa shape index (κ3) is 3.92. The molecular weight excluding hydrogens is 372 g/mol. The minimum Gasteiger partial charge on any atom is -0.487 e. The van der Waals surface area contributed by atoms with E-state index in [-0.39, 0.29) is 23.3 Å². The molecule has 5 nitrogen and oxygen atoms in total. The number of nitrogens with zero attached hydrogens (tertiary/aromatic N) is 1. The zero-order valence-electron chi connectivity index (χ0n) is 16.1. The minimum atomic E-state index is -0.286. The lowest BCUT2D eigenvalue weighted by atomic mass is 9.76. The van der Waals surface area contributed by atoms with Crippen molar-refractivity contribution >= 4 is 23.2 Å². The Morgan fingerprint density at radius 1 is 1.25 bits per heavy atom. The van der Waals surface area contributed by atoms with Crippen molar-refractivity contribution in [2.45, 2.75) is 43.6 Å². The van der Waals surface area contributed by atoms with Crippen LogP contribution in [0.15, 0.2) is 41.1 Å². The summed E-state index contributed by atoms with van der Waals surface area (Å²) in [5, 5.41) is 6.79. The topological polar surface area (TPSA) is 58.6 Å². The van der Waals surface area contributed by atoms with Crippen molar-refractivity contribution in [3.05, 3.63) is 52.2 Å². The van der Waals surface area contributed by atoms with E-state index in [1.165, 1.54) is 0 Å². The highest BCUT2D eigenvalue weighted by Gasteiger charge is 2.44. The highest BCUT2D eigenvalue weighted by atomic mass is 32.1. The first-order chi connectivity index (χ1) is 13.6. The predicted octanol–water partition coefficient (Wildman–Crippen LogP) is 3.35. The average Bonchev–Trinajstić information content (AvgIpc) is 3.21. The van der Waals surface area contributed by atoms with Crippen LogP contribution < -0.4 is 10.1 Å². The van der Waals surface area contributed by atoms with Gasteiger partial charge in [0.05, 0.1) is 6.42 Å². The predicted molar refractivity (Wildman–Crippen MR) is 110 cm³/mol. The van der Waals surface area contributed by atoms with E-state index in [0.29, 0.717) is 25.9 Å². The van der Waals surface area contributed by atoms with E-state index in [0.717, 1.165) is 36.1 Å². The van der Waals surface area contributed by atoms with Gasteiger partial charge in [0.25, 0.3) is 0 Å². The van der Waals surface area contributed by atoms with E-state index < -0.39 is 0 Å². The van der Waals surface area contributed by atoms with Gasteiger partial charge < -0.3 is 15.0 Å². The van der Waals surface area contributed by atoms with E-state index in [4.69, 9.17) is 4.74 Å². The Balaban J connectivity index is 1.45. The lowest BCUT2D eigenvalue weighted by Crippen LogP contribution is -2.52. The quantitative estimate of drug-likeness (QED) is 0.859. The lowest BCUT2D eigenvalue weighted by molar-refractivity contribution is -0.134. The molecule has 1 saturated heterocycles. The second-order valence-electron chi connectivity index (χ2n) is 7.79.